The molecule has 2 aliphatic rings. The summed E-state index contributed by atoms with van der Waals surface area (Å²) in [5.74, 6) is -0.115. The van der Waals surface area contributed by atoms with Crippen LogP contribution in [0.25, 0.3) is 0 Å². The number of methoxy groups -OCH3 is 1. The van der Waals surface area contributed by atoms with Gasteiger partial charge in [-0.3, -0.25) is 19.3 Å². The second-order valence-electron chi connectivity index (χ2n) is 6.79. The van der Waals surface area contributed by atoms with Crippen molar-refractivity contribution in [2.24, 2.45) is 5.41 Å². The van der Waals surface area contributed by atoms with Gasteiger partial charge < -0.3 is 4.74 Å². The maximum atomic E-state index is 12.5. The van der Waals surface area contributed by atoms with Gasteiger partial charge in [-0.05, 0) is 36.1 Å². The van der Waals surface area contributed by atoms with E-state index < -0.39 is 0 Å². The van der Waals surface area contributed by atoms with Crippen molar-refractivity contribution in [1.29, 1.82) is 0 Å². The number of ketones is 2. The molecule has 0 spiro atoms. The maximum Gasteiger partial charge on any atom is 0.239 e. The quantitative estimate of drug-likeness (QED) is 0.622. The highest BCUT2D eigenvalue weighted by atomic mass is 16.5. The summed E-state index contributed by atoms with van der Waals surface area (Å²) in [6, 6.07) is 7.05. The van der Waals surface area contributed by atoms with Crippen molar-refractivity contribution in [3.05, 3.63) is 35.5 Å². The van der Waals surface area contributed by atoms with E-state index in [2.05, 4.69) is 0 Å². The van der Waals surface area contributed by atoms with Crippen LogP contribution in [0.3, 0.4) is 0 Å². The number of rotatable bonds is 2. The van der Waals surface area contributed by atoms with E-state index in [9.17, 15) is 14.4 Å². The fourth-order valence-corrected chi connectivity index (χ4v) is 3.28. The molecule has 3 rings (SSSR count). The molecule has 1 aromatic carbocycles. The SMILES string of the molecule is COc1ccc(N2C(=O)CC(=O)C3=C2CC(C)(C)CC3=O)cc1. The van der Waals surface area contributed by atoms with E-state index in [1.165, 1.54) is 4.90 Å². The van der Waals surface area contributed by atoms with E-state index >= 15 is 0 Å². The molecule has 0 atom stereocenters. The largest absolute Gasteiger partial charge is 0.497 e. The van der Waals surface area contributed by atoms with Crippen LogP contribution in [-0.4, -0.2) is 24.6 Å². The Morgan fingerprint density at radius 2 is 1.65 bits per heavy atom. The molecule has 23 heavy (non-hydrogen) atoms. The normalized spacial score (nSPS) is 20.7. The number of ether oxygens (including phenoxy) is 1. The molecule has 0 unspecified atom stereocenters. The van der Waals surface area contributed by atoms with Crippen LogP contribution in [0.4, 0.5) is 5.69 Å². The van der Waals surface area contributed by atoms with Crippen LogP contribution < -0.4 is 9.64 Å². The Kier molecular flexibility index (Phi) is 3.59. The molecule has 0 radical (unpaired) electrons. The monoisotopic (exact) mass is 313 g/mol. The number of allylic oxidation sites excluding steroid dienone is 2. The van der Waals surface area contributed by atoms with Crippen molar-refractivity contribution < 1.29 is 19.1 Å². The van der Waals surface area contributed by atoms with Crippen LogP contribution in [-0.2, 0) is 14.4 Å². The Labute approximate surface area is 134 Å². The van der Waals surface area contributed by atoms with Crippen molar-refractivity contribution in [3.8, 4) is 5.75 Å². The second kappa shape index (κ2) is 5.33. The molecule has 0 saturated heterocycles. The number of Topliss-reactive ketones (excluding diaryl/α,β-unsaturated/α-hetero) is 2. The zero-order valence-electron chi connectivity index (χ0n) is 13.5. The van der Waals surface area contributed by atoms with Crippen LogP contribution in [0.5, 0.6) is 5.75 Å². The molecule has 5 nitrogen and oxygen atoms in total. The zero-order chi connectivity index (χ0) is 16.8. The Hall–Kier alpha value is -2.43. The summed E-state index contributed by atoms with van der Waals surface area (Å²) in [4.78, 5) is 38.6. The van der Waals surface area contributed by atoms with Gasteiger partial charge >= 0.3 is 0 Å². The van der Waals surface area contributed by atoms with Gasteiger partial charge in [0.25, 0.3) is 0 Å². The molecule has 5 heteroatoms. The highest BCUT2D eigenvalue weighted by molar-refractivity contribution is 6.29. The summed E-state index contributed by atoms with van der Waals surface area (Å²) in [6.07, 6.45) is 0.608. The van der Waals surface area contributed by atoms with Crippen LogP contribution in [0.2, 0.25) is 0 Å². The highest BCUT2D eigenvalue weighted by Gasteiger charge is 2.43. The number of carbonyl (C=O) groups excluding carboxylic acids is 3. The predicted molar refractivity (Wildman–Crippen MR) is 85.2 cm³/mol. The molecule has 1 aliphatic heterocycles. The Morgan fingerprint density at radius 1 is 1.00 bits per heavy atom. The lowest BCUT2D eigenvalue weighted by Gasteiger charge is -2.39. The van der Waals surface area contributed by atoms with Crippen LogP contribution >= 0.6 is 0 Å². The minimum absolute atomic E-state index is 0.160. The van der Waals surface area contributed by atoms with Gasteiger partial charge in [-0.25, -0.2) is 0 Å². The first-order valence-electron chi connectivity index (χ1n) is 7.59. The summed E-state index contributed by atoms with van der Waals surface area (Å²) in [5, 5.41) is 0. The summed E-state index contributed by atoms with van der Waals surface area (Å²) in [7, 11) is 1.57. The smallest absolute Gasteiger partial charge is 0.239 e. The van der Waals surface area contributed by atoms with Crippen LogP contribution in [0, 0.1) is 5.41 Å². The van der Waals surface area contributed by atoms with E-state index in [4.69, 9.17) is 4.74 Å². The molecule has 0 N–H and O–H groups in total. The van der Waals surface area contributed by atoms with E-state index in [1.807, 2.05) is 13.8 Å². The summed E-state index contributed by atoms with van der Waals surface area (Å²) in [6.45, 7) is 3.95. The molecule has 1 amide bonds. The van der Waals surface area contributed by atoms with Gasteiger partial charge in [0.15, 0.2) is 11.6 Å². The number of nitrogens with zero attached hydrogens (tertiary/aromatic N) is 1. The minimum Gasteiger partial charge on any atom is -0.497 e. The predicted octanol–water partition coefficient (Wildman–Crippen LogP) is 2.64. The average molecular weight is 313 g/mol. The van der Waals surface area contributed by atoms with Crippen LogP contribution in [0.1, 0.15) is 33.1 Å². The first-order chi connectivity index (χ1) is 10.8. The Morgan fingerprint density at radius 3 is 2.26 bits per heavy atom. The fourth-order valence-electron chi connectivity index (χ4n) is 3.28. The van der Waals surface area contributed by atoms with E-state index in [0.717, 1.165) is 0 Å². The third-order valence-electron chi connectivity index (χ3n) is 4.29. The van der Waals surface area contributed by atoms with Crippen molar-refractivity contribution in [1.82, 2.24) is 0 Å². The Balaban J connectivity index is 2.11. The maximum absolute atomic E-state index is 12.5. The van der Waals surface area contributed by atoms with E-state index in [1.54, 1.807) is 31.4 Å². The molecule has 1 heterocycles. The van der Waals surface area contributed by atoms with Gasteiger partial charge in [0, 0.05) is 17.8 Å². The standard InChI is InChI=1S/C18H19NO4/c1-18(2)9-13-17(15(21)10-18)14(20)8-16(22)19(13)11-4-6-12(23-3)7-5-11/h4-7H,8-10H2,1-3H3. The topological polar surface area (TPSA) is 63.7 Å². The summed E-state index contributed by atoms with van der Waals surface area (Å²) >= 11 is 0. The first-order valence-corrected chi connectivity index (χ1v) is 7.59. The van der Waals surface area contributed by atoms with Crippen molar-refractivity contribution in [2.75, 3.05) is 12.0 Å². The Bertz CT molecular complexity index is 728. The molecule has 0 bridgehead atoms. The van der Waals surface area contributed by atoms with Crippen molar-refractivity contribution in [3.63, 3.8) is 0 Å². The molecule has 0 aromatic heterocycles. The first kappa shape index (κ1) is 15.5. The molecule has 0 saturated carbocycles. The van der Waals surface area contributed by atoms with Gasteiger partial charge in [0.1, 0.15) is 5.75 Å². The third-order valence-corrected chi connectivity index (χ3v) is 4.29. The van der Waals surface area contributed by atoms with Gasteiger partial charge in [-0.1, -0.05) is 13.8 Å². The van der Waals surface area contributed by atoms with Gasteiger partial charge in [0.05, 0.1) is 19.1 Å². The molecular formula is C18H19NO4. The van der Waals surface area contributed by atoms with Gasteiger partial charge in [-0.15, -0.1) is 0 Å². The van der Waals surface area contributed by atoms with Crippen LogP contribution in [0.15, 0.2) is 35.5 Å². The van der Waals surface area contributed by atoms with Gasteiger partial charge in [-0.2, -0.15) is 0 Å². The molecule has 120 valence electrons. The van der Waals surface area contributed by atoms with E-state index in [-0.39, 0.29) is 34.9 Å². The average Bonchev–Trinajstić information content (AvgIpc) is 2.45. The molecule has 1 aliphatic carbocycles. The van der Waals surface area contributed by atoms with E-state index in [0.29, 0.717) is 30.0 Å². The summed E-state index contributed by atoms with van der Waals surface area (Å²) in [5.41, 5.74) is 1.14. The third kappa shape index (κ3) is 2.67. The van der Waals surface area contributed by atoms with Gasteiger partial charge in [0.2, 0.25) is 5.91 Å². The second-order valence-corrected chi connectivity index (χ2v) is 6.79. The van der Waals surface area contributed by atoms with Crippen molar-refractivity contribution >= 4 is 23.2 Å². The lowest BCUT2D eigenvalue weighted by Crippen LogP contribution is -2.44. The number of amides is 1. The lowest BCUT2D eigenvalue weighted by molar-refractivity contribution is -0.128. The lowest BCUT2D eigenvalue weighted by atomic mass is 9.73. The fraction of sp³-hybridized carbons (Fsp3) is 0.389. The number of benzene rings is 1. The van der Waals surface area contributed by atoms with Crippen molar-refractivity contribution in [2.45, 2.75) is 33.1 Å². The summed E-state index contributed by atoms with van der Waals surface area (Å²) < 4.78 is 5.13. The minimum atomic E-state index is -0.352. The molecule has 0 fully saturated rings. The number of anilines is 1. The number of carbonyl (C=O) groups is 3. The molecular weight excluding hydrogens is 294 g/mol. The zero-order valence-corrected chi connectivity index (χ0v) is 13.5. The highest BCUT2D eigenvalue weighted by Crippen LogP contribution is 2.42. The molecule has 1 aromatic rings. The number of hydrogen-bond acceptors (Lipinski definition) is 4. The number of hydrogen-bond donors (Lipinski definition) is 0.